The van der Waals surface area contributed by atoms with E-state index in [-0.39, 0.29) is 5.41 Å². The summed E-state index contributed by atoms with van der Waals surface area (Å²) < 4.78 is 6.49. The van der Waals surface area contributed by atoms with Gasteiger partial charge in [0.25, 0.3) is 0 Å². The molecule has 0 unspecified atom stereocenters. The quantitative estimate of drug-likeness (QED) is 0.177. The lowest BCUT2D eigenvalue weighted by Gasteiger charge is -2.21. The van der Waals surface area contributed by atoms with Crippen LogP contribution in [0.15, 0.2) is 174 Å². The average Bonchev–Trinajstić information content (AvgIpc) is 3.80. The Labute approximate surface area is 324 Å². The number of fused-ring (bicyclic) bond motifs is 7. The summed E-state index contributed by atoms with van der Waals surface area (Å²) >= 11 is 0. The van der Waals surface area contributed by atoms with Crippen molar-refractivity contribution in [2.75, 3.05) is 0 Å². The van der Waals surface area contributed by atoms with Gasteiger partial charge in [0.05, 0.1) is 0 Å². The fourth-order valence-electron chi connectivity index (χ4n) is 8.54. The lowest BCUT2D eigenvalue weighted by atomic mass is 9.82. The van der Waals surface area contributed by atoms with Gasteiger partial charge in [-0.2, -0.15) is 0 Å². The molecule has 0 amide bonds. The lowest BCUT2D eigenvalue weighted by Crippen LogP contribution is -2.14. The standard InChI is InChI=1S/C51H34N4O/c1-51(2)41-21-10-9-18-39(41)45-40(20-12-22-42(45)51)49-54-47(32-13-5-3-6-14-32)53-48(55-49)37-26-24-34-29-36(25-23-35(34)30-37)38-19-11-17-31-27-28-43-46(44(31)38)56-50(52-43)33-15-7-4-8-16-33/h3-30H,1-2H3. The predicted molar refractivity (Wildman–Crippen MR) is 227 cm³/mol. The number of oxazole rings is 1. The Morgan fingerprint density at radius 2 is 1.00 bits per heavy atom. The monoisotopic (exact) mass is 718 g/mol. The molecule has 56 heavy (non-hydrogen) atoms. The van der Waals surface area contributed by atoms with E-state index in [4.69, 9.17) is 24.4 Å². The Morgan fingerprint density at radius 1 is 0.411 bits per heavy atom. The molecule has 1 aliphatic rings. The molecule has 264 valence electrons. The SMILES string of the molecule is CC1(C)c2ccccc2-c2c(-c3nc(-c4ccccc4)nc(-c4ccc5cc(-c6cccc7ccc8nc(-c9ccccc9)oc8c67)ccc5c4)n3)cccc21. The van der Waals surface area contributed by atoms with Crippen LogP contribution in [0.4, 0.5) is 0 Å². The van der Waals surface area contributed by atoms with Gasteiger partial charge in [0, 0.05) is 33.1 Å². The molecule has 0 spiro atoms. The number of nitrogens with zero attached hydrogens (tertiary/aromatic N) is 4. The summed E-state index contributed by atoms with van der Waals surface area (Å²) in [5.74, 6) is 2.57. The largest absolute Gasteiger partial charge is 0.435 e. The first kappa shape index (κ1) is 32.2. The zero-order chi connectivity index (χ0) is 37.4. The van der Waals surface area contributed by atoms with Gasteiger partial charge < -0.3 is 4.42 Å². The molecule has 0 saturated heterocycles. The topological polar surface area (TPSA) is 64.7 Å². The molecule has 0 fully saturated rings. The number of hydrogen-bond donors (Lipinski definition) is 0. The number of aromatic nitrogens is 4. The van der Waals surface area contributed by atoms with Crippen molar-refractivity contribution < 1.29 is 4.42 Å². The van der Waals surface area contributed by atoms with E-state index in [0.717, 1.165) is 66.0 Å². The summed E-state index contributed by atoms with van der Waals surface area (Å²) in [4.78, 5) is 20.3. The zero-order valence-corrected chi connectivity index (χ0v) is 30.9. The van der Waals surface area contributed by atoms with Crippen molar-refractivity contribution >= 4 is 32.6 Å². The normalized spacial score (nSPS) is 13.0. The van der Waals surface area contributed by atoms with Crippen molar-refractivity contribution in [2.24, 2.45) is 0 Å². The maximum absolute atomic E-state index is 6.49. The van der Waals surface area contributed by atoms with Gasteiger partial charge >= 0.3 is 0 Å². The van der Waals surface area contributed by atoms with Crippen LogP contribution in [0.25, 0.3) is 101 Å². The molecule has 0 aliphatic heterocycles. The van der Waals surface area contributed by atoms with E-state index in [0.29, 0.717) is 23.4 Å². The van der Waals surface area contributed by atoms with E-state index in [1.807, 2.05) is 54.6 Å². The first-order valence-corrected chi connectivity index (χ1v) is 19.0. The summed E-state index contributed by atoms with van der Waals surface area (Å²) in [7, 11) is 0. The summed E-state index contributed by atoms with van der Waals surface area (Å²) in [5, 5.41) is 4.38. The zero-order valence-electron chi connectivity index (χ0n) is 30.9. The van der Waals surface area contributed by atoms with Crippen molar-refractivity contribution in [2.45, 2.75) is 19.3 Å². The highest BCUT2D eigenvalue weighted by atomic mass is 16.3. The predicted octanol–water partition coefficient (Wildman–Crippen LogP) is 13.0. The average molecular weight is 719 g/mol. The van der Waals surface area contributed by atoms with Gasteiger partial charge in [-0.15, -0.1) is 0 Å². The molecule has 2 aromatic heterocycles. The molecule has 1 aliphatic carbocycles. The second-order valence-corrected chi connectivity index (χ2v) is 15.1. The summed E-state index contributed by atoms with van der Waals surface area (Å²) in [5.41, 5.74) is 12.6. The maximum Gasteiger partial charge on any atom is 0.227 e. The van der Waals surface area contributed by atoms with Gasteiger partial charge in [-0.3, -0.25) is 0 Å². The number of benzene rings is 8. The Morgan fingerprint density at radius 3 is 1.80 bits per heavy atom. The van der Waals surface area contributed by atoms with Crippen LogP contribution >= 0.6 is 0 Å². The molecule has 0 N–H and O–H groups in total. The molecule has 0 atom stereocenters. The van der Waals surface area contributed by atoms with E-state index in [2.05, 4.69) is 129 Å². The van der Waals surface area contributed by atoms with Crippen LogP contribution in [0.2, 0.25) is 0 Å². The molecule has 0 bridgehead atoms. The first-order chi connectivity index (χ1) is 27.5. The van der Waals surface area contributed by atoms with Crippen LogP contribution in [0.1, 0.15) is 25.0 Å². The second kappa shape index (κ2) is 12.4. The Hall–Kier alpha value is -7.24. The smallest absolute Gasteiger partial charge is 0.227 e. The van der Waals surface area contributed by atoms with Crippen molar-refractivity contribution in [1.29, 1.82) is 0 Å². The second-order valence-electron chi connectivity index (χ2n) is 15.1. The Bertz CT molecular complexity index is 3170. The molecular weight excluding hydrogens is 685 g/mol. The van der Waals surface area contributed by atoms with Crippen molar-refractivity contribution in [3.05, 3.63) is 181 Å². The summed E-state index contributed by atoms with van der Waals surface area (Å²) in [6.07, 6.45) is 0. The third-order valence-corrected chi connectivity index (χ3v) is 11.3. The van der Waals surface area contributed by atoms with Crippen molar-refractivity contribution in [3.63, 3.8) is 0 Å². The summed E-state index contributed by atoms with van der Waals surface area (Å²) in [6.45, 7) is 4.60. The van der Waals surface area contributed by atoms with E-state index in [1.165, 1.54) is 22.3 Å². The molecule has 8 aromatic carbocycles. The van der Waals surface area contributed by atoms with Crippen LogP contribution in [0.5, 0.6) is 0 Å². The molecule has 0 saturated carbocycles. The van der Waals surface area contributed by atoms with Crippen LogP contribution in [0, 0.1) is 0 Å². The van der Waals surface area contributed by atoms with Gasteiger partial charge in [0.15, 0.2) is 23.1 Å². The molecule has 5 nitrogen and oxygen atoms in total. The fourth-order valence-corrected chi connectivity index (χ4v) is 8.54. The van der Waals surface area contributed by atoms with Crippen LogP contribution in [0.3, 0.4) is 0 Å². The Kier molecular flexibility index (Phi) is 7.13. The third kappa shape index (κ3) is 5.09. The number of rotatable bonds is 5. The van der Waals surface area contributed by atoms with Crippen LogP contribution in [-0.2, 0) is 5.41 Å². The van der Waals surface area contributed by atoms with Crippen LogP contribution in [-0.4, -0.2) is 19.9 Å². The molecular formula is C51H34N4O. The molecule has 2 heterocycles. The van der Waals surface area contributed by atoms with E-state index in [9.17, 15) is 0 Å². The minimum Gasteiger partial charge on any atom is -0.435 e. The van der Waals surface area contributed by atoms with E-state index in [1.54, 1.807) is 0 Å². The first-order valence-electron chi connectivity index (χ1n) is 19.0. The highest BCUT2D eigenvalue weighted by Crippen LogP contribution is 2.51. The third-order valence-electron chi connectivity index (χ3n) is 11.3. The van der Waals surface area contributed by atoms with Crippen molar-refractivity contribution in [1.82, 2.24) is 19.9 Å². The fraction of sp³-hybridized carbons (Fsp3) is 0.0588. The van der Waals surface area contributed by atoms with Crippen molar-refractivity contribution in [3.8, 4) is 67.9 Å². The van der Waals surface area contributed by atoms with Gasteiger partial charge in [-0.1, -0.05) is 153 Å². The molecule has 11 rings (SSSR count). The number of hydrogen-bond acceptors (Lipinski definition) is 5. The minimum absolute atomic E-state index is 0.130. The highest BCUT2D eigenvalue weighted by Gasteiger charge is 2.37. The van der Waals surface area contributed by atoms with Gasteiger partial charge in [-0.05, 0) is 79.9 Å². The Balaban J connectivity index is 1.04. The van der Waals surface area contributed by atoms with Gasteiger partial charge in [-0.25, -0.2) is 19.9 Å². The molecule has 0 radical (unpaired) electrons. The molecule has 10 aromatic rings. The van der Waals surface area contributed by atoms with Gasteiger partial charge in [0.2, 0.25) is 5.89 Å². The summed E-state index contributed by atoms with van der Waals surface area (Å²) in [6, 6.07) is 59.1. The van der Waals surface area contributed by atoms with E-state index < -0.39 is 0 Å². The van der Waals surface area contributed by atoms with Gasteiger partial charge in [0.1, 0.15) is 5.52 Å². The van der Waals surface area contributed by atoms with Crippen LogP contribution < -0.4 is 0 Å². The van der Waals surface area contributed by atoms with E-state index >= 15 is 0 Å². The maximum atomic E-state index is 6.49. The lowest BCUT2D eigenvalue weighted by molar-refractivity contribution is 0.623. The minimum atomic E-state index is -0.130. The molecule has 5 heteroatoms. The highest BCUT2D eigenvalue weighted by molar-refractivity contribution is 6.12.